The molecule has 0 radical (unpaired) electrons. The molecule has 0 spiro atoms. The minimum Gasteiger partial charge on any atom is -0.384 e. The van der Waals surface area contributed by atoms with Crippen LogP contribution in [0.1, 0.15) is 20.8 Å². The zero-order chi connectivity index (χ0) is 18.1. The number of piperazine rings is 1. The molecule has 2 aliphatic rings. The molecule has 2 aliphatic heterocycles. The van der Waals surface area contributed by atoms with Crippen LogP contribution in [-0.4, -0.2) is 53.4 Å². The van der Waals surface area contributed by atoms with Crippen LogP contribution in [0, 0.1) is 10.1 Å². The number of carbonyl (C=O) groups excluding carboxylic acids is 1. The first-order chi connectivity index (χ1) is 12.6. The number of fused-ring (bicyclic) bond motifs is 1. The summed E-state index contributed by atoms with van der Waals surface area (Å²) in [5.41, 5.74) is 3.97. The van der Waals surface area contributed by atoms with Gasteiger partial charge in [-0.15, -0.1) is 0 Å². The van der Waals surface area contributed by atoms with Crippen molar-refractivity contribution in [1.82, 2.24) is 9.80 Å². The number of carbonyl (C=O) groups is 1. The molecule has 1 fully saturated rings. The lowest BCUT2D eigenvalue weighted by Crippen LogP contribution is -2.48. The van der Waals surface area contributed by atoms with Gasteiger partial charge in [0.15, 0.2) is 0 Å². The van der Waals surface area contributed by atoms with E-state index in [2.05, 4.69) is 28.4 Å². The molecule has 4 rings (SSSR count). The molecule has 0 bridgehead atoms. The molecule has 3 heterocycles. The van der Waals surface area contributed by atoms with E-state index in [1.165, 1.54) is 22.9 Å². The molecule has 0 aliphatic carbocycles. The van der Waals surface area contributed by atoms with Gasteiger partial charge in [0.05, 0.1) is 9.80 Å². The van der Waals surface area contributed by atoms with Crippen LogP contribution in [0.25, 0.3) is 0 Å². The second-order valence-corrected chi connectivity index (χ2v) is 7.65. The lowest BCUT2D eigenvalue weighted by Gasteiger charge is -2.34. The summed E-state index contributed by atoms with van der Waals surface area (Å²) in [5.74, 6) is -0.106. The number of anilines is 1. The Morgan fingerprint density at radius 2 is 2.00 bits per heavy atom. The fourth-order valence-electron chi connectivity index (χ4n) is 3.59. The average molecular weight is 372 g/mol. The van der Waals surface area contributed by atoms with Crippen molar-refractivity contribution in [2.45, 2.75) is 13.0 Å². The van der Waals surface area contributed by atoms with Gasteiger partial charge in [-0.2, -0.15) is 0 Å². The second kappa shape index (κ2) is 7.05. The van der Waals surface area contributed by atoms with E-state index in [-0.39, 0.29) is 10.9 Å². The summed E-state index contributed by atoms with van der Waals surface area (Å²) < 4.78 is 0. The summed E-state index contributed by atoms with van der Waals surface area (Å²) in [6.45, 7) is 4.79. The summed E-state index contributed by atoms with van der Waals surface area (Å²) in [4.78, 5) is 27.5. The van der Waals surface area contributed by atoms with Crippen molar-refractivity contribution in [2.24, 2.45) is 0 Å². The quantitative estimate of drug-likeness (QED) is 0.659. The van der Waals surface area contributed by atoms with E-state index in [9.17, 15) is 14.9 Å². The van der Waals surface area contributed by atoms with Crippen LogP contribution in [0.5, 0.6) is 0 Å². The van der Waals surface area contributed by atoms with Crippen molar-refractivity contribution in [3.63, 3.8) is 0 Å². The van der Waals surface area contributed by atoms with E-state index in [4.69, 9.17) is 0 Å². The van der Waals surface area contributed by atoms with Crippen molar-refractivity contribution in [1.29, 1.82) is 0 Å². The van der Waals surface area contributed by atoms with E-state index in [0.29, 0.717) is 18.0 Å². The fourth-order valence-corrected chi connectivity index (χ4v) is 4.38. The molecule has 1 saturated heterocycles. The Morgan fingerprint density at radius 3 is 2.73 bits per heavy atom. The van der Waals surface area contributed by atoms with Crippen LogP contribution in [-0.2, 0) is 13.0 Å². The lowest BCUT2D eigenvalue weighted by atomic mass is 10.1. The second-order valence-electron chi connectivity index (χ2n) is 6.59. The Labute approximate surface area is 155 Å². The Balaban J connectivity index is 1.36. The van der Waals surface area contributed by atoms with E-state index in [1.807, 2.05) is 0 Å². The van der Waals surface area contributed by atoms with E-state index >= 15 is 0 Å². The van der Waals surface area contributed by atoms with E-state index < -0.39 is 4.92 Å². The molecular weight excluding hydrogens is 352 g/mol. The number of nitrogens with one attached hydrogen (secondary N) is 1. The predicted octanol–water partition coefficient (Wildman–Crippen LogP) is 2.58. The van der Waals surface area contributed by atoms with Gasteiger partial charge in [0.2, 0.25) is 0 Å². The zero-order valence-corrected chi connectivity index (χ0v) is 15.1. The van der Waals surface area contributed by atoms with Crippen LogP contribution in [0.3, 0.4) is 0 Å². The molecular formula is C18H20N4O3S. The molecule has 2 aromatic rings. The molecule has 0 saturated carbocycles. The molecule has 1 aromatic carbocycles. The highest BCUT2D eigenvalue weighted by Gasteiger charge is 2.25. The number of rotatable bonds is 4. The van der Waals surface area contributed by atoms with Gasteiger partial charge < -0.3 is 10.2 Å². The standard InChI is InChI=1S/C18H20N4O3S/c23-18(15-4-5-16(26-15)22(24)25)21-10-8-20(9-11-21)12-14-3-1-2-13-6-7-19-17(13)14/h1-5,19H,6-12H2. The Hall–Kier alpha value is -2.45. The summed E-state index contributed by atoms with van der Waals surface area (Å²) in [5, 5.41) is 14.3. The van der Waals surface area contributed by atoms with Crippen LogP contribution in [0.15, 0.2) is 30.3 Å². The molecule has 1 amide bonds. The van der Waals surface area contributed by atoms with Gasteiger partial charge in [-0.3, -0.25) is 19.8 Å². The van der Waals surface area contributed by atoms with Crippen LogP contribution in [0.2, 0.25) is 0 Å². The highest BCUT2D eigenvalue weighted by molar-refractivity contribution is 7.17. The largest absolute Gasteiger partial charge is 0.384 e. The van der Waals surface area contributed by atoms with Crippen molar-refractivity contribution >= 4 is 27.9 Å². The topological polar surface area (TPSA) is 78.7 Å². The van der Waals surface area contributed by atoms with Crippen molar-refractivity contribution < 1.29 is 9.72 Å². The Morgan fingerprint density at radius 1 is 1.19 bits per heavy atom. The van der Waals surface area contributed by atoms with Gasteiger partial charge in [0.25, 0.3) is 5.91 Å². The van der Waals surface area contributed by atoms with E-state index in [0.717, 1.165) is 43.9 Å². The number of para-hydroxylation sites is 1. The highest BCUT2D eigenvalue weighted by atomic mass is 32.1. The minimum atomic E-state index is -0.453. The van der Waals surface area contributed by atoms with Crippen LogP contribution in [0.4, 0.5) is 10.7 Å². The molecule has 8 heteroatoms. The number of thiophene rings is 1. The number of benzene rings is 1. The maximum absolute atomic E-state index is 12.5. The van der Waals surface area contributed by atoms with Gasteiger partial charge in [-0.1, -0.05) is 29.5 Å². The van der Waals surface area contributed by atoms with Gasteiger partial charge in [-0.25, -0.2) is 0 Å². The lowest BCUT2D eigenvalue weighted by molar-refractivity contribution is -0.380. The smallest absolute Gasteiger partial charge is 0.324 e. The SMILES string of the molecule is O=C(c1ccc([N+](=O)[O-])s1)N1CCN(Cc2cccc3c2NCC3)CC1. The molecule has 26 heavy (non-hydrogen) atoms. The van der Waals surface area contributed by atoms with Gasteiger partial charge >= 0.3 is 5.00 Å². The molecule has 0 unspecified atom stereocenters. The fraction of sp³-hybridized carbons (Fsp3) is 0.389. The number of hydrogen-bond donors (Lipinski definition) is 1. The normalized spacial score (nSPS) is 17.0. The first-order valence-corrected chi connectivity index (χ1v) is 9.54. The third kappa shape index (κ3) is 3.30. The van der Waals surface area contributed by atoms with Gasteiger partial charge in [0, 0.05) is 51.0 Å². The summed E-state index contributed by atoms with van der Waals surface area (Å²) in [6.07, 6.45) is 1.08. The number of amides is 1. The monoisotopic (exact) mass is 372 g/mol. The van der Waals surface area contributed by atoms with Gasteiger partial charge in [0.1, 0.15) is 0 Å². The first-order valence-electron chi connectivity index (χ1n) is 8.72. The molecule has 1 aromatic heterocycles. The maximum atomic E-state index is 12.5. The van der Waals surface area contributed by atoms with Crippen LogP contribution < -0.4 is 5.32 Å². The van der Waals surface area contributed by atoms with Crippen molar-refractivity contribution in [3.05, 3.63) is 56.5 Å². The van der Waals surface area contributed by atoms with Crippen molar-refractivity contribution in [3.8, 4) is 0 Å². The predicted molar refractivity (Wildman–Crippen MR) is 101 cm³/mol. The third-order valence-electron chi connectivity index (χ3n) is 4.97. The summed E-state index contributed by atoms with van der Waals surface area (Å²) >= 11 is 0.947. The molecule has 7 nitrogen and oxygen atoms in total. The number of nitrogens with zero attached hydrogens (tertiary/aromatic N) is 3. The summed E-state index contributed by atoms with van der Waals surface area (Å²) in [7, 11) is 0. The minimum absolute atomic E-state index is 0.0115. The zero-order valence-electron chi connectivity index (χ0n) is 14.3. The Kier molecular flexibility index (Phi) is 4.60. The number of hydrogen-bond acceptors (Lipinski definition) is 6. The van der Waals surface area contributed by atoms with Crippen LogP contribution >= 0.6 is 11.3 Å². The molecule has 0 atom stereocenters. The highest BCUT2D eigenvalue weighted by Crippen LogP contribution is 2.28. The average Bonchev–Trinajstić information content (AvgIpc) is 3.32. The van der Waals surface area contributed by atoms with E-state index in [1.54, 1.807) is 11.0 Å². The molecule has 1 N–H and O–H groups in total. The molecule has 136 valence electrons. The maximum Gasteiger partial charge on any atom is 0.324 e. The first kappa shape index (κ1) is 17.0. The van der Waals surface area contributed by atoms with Crippen molar-refractivity contribution in [2.75, 3.05) is 38.0 Å². The van der Waals surface area contributed by atoms with Gasteiger partial charge in [-0.05, 0) is 23.6 Å². The summed E-state index contributed by atoms with van der Waals surface area (Å²) in [6, 6.07) is 9.41. The third-order valence-corrected chi connectivity index (χ3v) is 5.99. The Bertz CT molecular complexity index is 843. The number of nitro groups is 1.